The molecule has 0 bridgehead atoms. The maximum Gasteiger partial charge on any atom is 0.267 e. The van der Waals surface area contributed by atoms with Gasteiger partial charge >= 0.3 is 0 Å². The molecule has 1 aliphatic carbocycles. The zero-order valence-electron chi connectivity index (χ0n) is 10.8. The smallest absolute Gasteiger partial charge is 0.267 e. The van der Waals surface area contributed by atoms with Gasteiger partial charge in [-0.25, -0.2) is 18.4 Å². The maximum absolute atomic E-state index is 12.4. The summed E-state index contributed by atoms with van der Waals surface area (Å²) in [5.41, 5.74) is 0.979. The lowest BCUT2D eigenvalue weighted by Crippen LogP contribution is -2.15. The summed E-state index contributed by atoms with van der Waals surface area (Å²) in [7, 11) is -2.04. The first-order valence-corrected chi connectivity index (χ1v) is 8.57. The number of aromatic nitrogens is 2. The number of nitrogens with zero attached hydrogens (tertiary/aromatic N) is 2. The third-order valence-corrected chi connectivity index (χ3v) is 5.31. The summed E-state index contributed by atoms with van der Waals surface area (Å²) in [6.07, 6.45) is 3.82. The van der Waals surface area contributed by atoms with Gasteiger partial charge < -0.3 is 5.32 Å². The van der Waals surface area contributed by atoms with Gasteiger partial charge in [-0.2, -0.15) is 0 Å². The lowest BCUT2D eigenvalue weighted by atomic mass is 10.3. The monoisotopic (exact) mass is 310 g/mol. The average Bonchev–Trinajstić information content (AvgIpc) is 3.20. The normalized spacial score (nSPS) is 15.1. The van der Waals surface area contributed by atoms with E-state index in [2.05, 4.69) is 20.0 Å². The van der Waals surface area contributed by atoms with Crippen molar-refractivity contribution in [3.8, 4) is 0 Å². The van der Waals surface area contributed by atoms with Crippen molar-refractivity contribution >= 4 is 32.3 Å². The summed E-state index contributed by atoms with van der Waals surface area (Å²) in [5, 5.41) is 5.09. The fourth-order valence-corrected chi connectivity index (χ4v) is 4.07. The van der Waals surface area contributed by atoms with E-state index in [1.807, 2.05) is 5.38 Å². The first-order chi connectivity index (χ1) is 9.60. The van der Waals surface area contributed by atoms with E-state index in [-0.39, 0.29) is 4.90 Å². The number of pyridine rings is 1. The van der Waals surface area contributed by atoms with Gasteiger partial charge in [0.15, 0.2) is 5.13 Å². The van der Waals surface area contributed by atoms with E-state index >= 15 is 0 Å². The van der Waals surface area contributed by atoms with Gasteiger partial charge in [-0.1, -0.05) is 0 Å². The van der Waals surface area contributed by atoms with Crippen LogP contribution < -0.4 is 10.0 Å². The van der Waals surface area contributed by atoms with Crippen molar-refractivity contribution in [1.82, 2.24) is 9.97 Å². The Bertz CT molecular complexity index is 723. The highest BCUT2D eigenvalue weighted by Gasteiger charge is 2.27. The summed E-state index contributed by atoms with van der Waals surface area (Å²) in [4.78, 5) is 8.44. The van der Waals surface area contributed by atoms with Gasteiger partial charge in [0.2, 0.25) is 0 Å². The molecule has 1 saturated carbocycles. The quantitative estimate of drug-likeness (QED) is 0.885. The van der Waals surface area contributed by atoms with E-state index in [1.165, 1.54) is 17.4 Å². The van der Waals surface area contributed by atoms with Crippen LogP contribution in [0.5, 0.6) is 0 Å². The largest absolute Gasteiger partial charge is 0.372 e. The highest BCUT2D eigenvalue weighted by molar-refractivity contribution is 7.93. The van der Waals surface area contributed by atoms with Crippen molar-refractivity contribution in [2.45, 2.75) is 23.7 Å². The van der Waals surface area contributed by atoms with Crippen molar-refractivity contribution in [3.63, 3.8) is 0 Å². The van der Waals surface area contributed by atoms with Crippen molar-refractivity contribution in [2.75, 3.05) is 17.1 Å². The molecule has 8 heteroatoms. The minimum absolute atomic E-state index is 0.116. The Hall–Kier alpha value is -1.67. The fourth-order valence-electron chi connectivity index (χ4n) is 1.86. The molecule has 0 radical (unpaired) electrons. The number of hydrogen-bond donors (Lipinski definition) is 2. The van der Waals surface area contributed by atoms with E-state index < -0.39 is 10.0 Å². The number of anilines is 2. The molecular weight excluding hydrogens is 296 g/mol. The van der Waals surface area contributed by atoms with Crippen LogP contribution in [0.1, 0.15) is 24.5 Å². The van der Waals surface area contributed by atoms with Crippen molar-refractivity contribution in [1.29, 1.82) is 0 Å². The average molecular weight is 310 g/mol. The summed E-state index contributed by atoms with van der Waals surface area (Å²) >= 11 is 1.31. The van der Waals surface area contributed by atoms with Crippen LogP contribution in [0, 0.1) is 0 Å². The van der Waals surface area contributed by atoms with Gasteiger partial charge in [-0.3, -0.25) is 4.72 Å². The standard InChI is InChI=1S/C12H14N4O2S2/c1-13-11-10(3-2-6-14-11)20(17,18)16-12-15-9(7-19-12)8-4-5-8/h2-3,6-8H,4-5H2,1H3,(H,13,14)(H,15,16). The predicted molar refractivity (Wildman–Crippen MR) is 78.7 cm³/mol. The van der Waals surface area contributed by atoms with Crippen LogP contribution in [0.2, 0.25) is 0 Å². The van der Waals surface area contributed by atoms with E-state index in [0.29, 0.717) is 16.9 Å². The van der Waals surface area contributed by atoms with Gasteiger partial charge in [0.1, 0.15) is 10.7 Å². The predicted octanol–water partition coefficient (Wildman–Crippen LogP) is 2.26. The summed E-state index contributed by atoms with van der Waals surface area (Å²) in [6.45, 7) is 0. The Morgan fingerprint density at radius 2 is 2.20 bits per heavy atom. The number of sulfonamides is 1. The molecule has 0 amide bonds. The number of hydrogen-bond acceptors (Lipinski definition) is 6. The van der Waals surface area contributed by atoms with E-state index in [0.717, 1.165) is 18.5 Å². The molecule has 20 heavy (non-hydrogen) atoms. The molecule has 0 saturated heterocycles. The summed E-state index contributed by atoms with van der Waals surface area (Å²) < 4.78 is 27.2. The lowest BCUT2D eigenvalue weighted by Gasteiger charge is -2.08. The minimum atomic E-state index is -3.68. The minimum Gasteiger partial charge on any atom is -0.372 e. The Kier molecular flexibility index (Phi) is 3.35. The second kappa shape index (κ2) is 5.02. The molecule has 2 heterocycles. The lowest BCUT2D eigenvalue weighted by molar-refractivity contribution is 0.601. The van der Waals surface area contributed by atoms with Crippen molar-refractivity contribution < 1.29 is 8.42 Å². The molecule has 1 fully saturated rings. The van der Waals surface area contributed by atoms with Crippen LogP contribution in [0.3, 0.4) is 0 Å². The first-order valence-electron chi connectivity index (χ1n) is 6.21. The second-order valence-corrected chi connectivity index (χ2v) is 7.07. The molecule has 6 nitrogen and oxygen atoms in total. The van der Waals surface area contributed by atoms with Crippen LogP contribution in [0.4, 0.5) is 10.9 Å². The third kappa shape index (κ3) is 2.61. The fraction of sp³-hybridized carbons (Fsp3) is 0.333. The highest BCUT2D eigenvalue weighted by atomic mass is 32.2. The molecular formula is C12H14N4O2S2. The van der Waals surface area contributed by atoms with Crippen LogP contribution in [0.25, 0.3) is 0 Å². The molecule has 3 rings (SSSR count). The topological polar surface area (TPSA) is 84.0 Å². The SMILES string of the molecule is CNc1ncccc1S(=O)(=O)Nc1nc(C2CC2)cs1. The molecule has 2 aromatic heterocycles. The summed E-state index contributed by atoms with van der Waals surface area (Å²) in [5.74, 6) is 0.828. The third-order valence-electron chi connectivity index (χ3n) is 3.04. The molecule has 0 unspecified atom stereocenters. The highest BCUT2D eigenvalue weighted by Crippen LogP contribution is 2.41. The molecule has 2 N–H and O–H groups in total. The molecule has 106 valence electrons. The van der Waals surface area contributed by atoms with Gasteiger partial charge in [0.05, 0.1) is 5.69 Å². The van der Waals surface area contributed by atoms with Crippen LogP contribution >= 0.6 is 11.3 Å². The van der Waals surface area contributed by atoms with E-state index in [4.69, 9.17) is 0 Å². The van der Waals surface area contributed by atoms with E-state index in [9.17, 15) is 8.42 Å². The number of rotatable bonds is 5. The molecule has 0 aliphatic heterocycles. The van der Waals surface area contributed by atoms with Gasteiger partial charge in [-0.05, 0) is 25.0 Å². The van der Waals surface area contributed by atoms with E-state index in [1.54, 1.807) is 19.3 Å². The molecule has 0 atom stereocenters. The number of thiazole rings is 1. The van der Waals surface area contributed by atoms with Gasteiger partial charge in [-0.15, -0.1) is 11.3 Å². The molecule has 2 aromatic rings. The second-order valence-electron chi connectivity index (χ2n) is 4.56. The van der Waals surface area contributed by atoms with Gasteiger partial charge in [0, 0.05) is 24.5 Å². The van der Waals surface area contributed by atoms with Crippen LogP contribution in [-0.4, -0.2) is 25.4 Å². The molecule has 1 aliphatic rings. The zero-order chi connectivity index (χ0) is 14.2. The van der Waals surface area contributed by atoms with Gasteiger partial charge in [0.25, 0.3) is 10.0 Å². The molecule has 0 aromatic carbocycles. The summed E-state index contributed by atoms with van der Waals surface area (Å²) in [6, 6.07) is 3.10. The van der Waals surface area contributed by atoms with Crippen LogP contribution in [0.15, 0.2) is 28.6 Å². The Labute approximate surface area is 121 Å². The van der Waals surface area contributed by atoms with Crippen LogP contribution in [-0.2, 0) is 10.0 Å². The Morgan fingerprint density at radius 3 is 2.90 bits per heavy atom. The molecule has 0 spiro atoms. The van der Waals surface area contributed by atoms with Crippen molar-refractivity contribution in [3.05, 3.63) is 29.4 Å². The Morgan fingerprint density at radius 1 is 1.40 bits per heavy atom. The maximum atomic E-state index is 12.4. The number of nitrogens with one attached hydrogen (secondary N) is 2. The van der Waals surface area contributed by atoms with Crippen molar-refractivity contribution in [2.24, 2.45) is 0 Å². The Balaban J connectivity index is 1.87. The zero-order valence-corrected chi connectivity index (χ0v) is 12.5. The first kappa shape index (κ1) is 13.3.